The fraction of sp³-hybridized carbons (Fsp3) is 0.250. The van der Waals surface area contributed by atoms with E-state index in [1.54, 1.807) is 12.1 Å². The van der Waals surface area contributed by atoms with E-state index in [1.165, 1.54) is 0 Å². The normalized spacial score (nSPS) is 11.2. The van der Waals surface area contributed by atoms with Crippen LogP contribution in [0.15, 0.2) is 30.3 Å². The van der Waals surface area contributed by atoms with E-state index in [0.29, 0.717) is 5.75 Å². The van der Waals surface area contributed by atoms with E-state index < -0.39 is 10.3 Å². The first-order chi connectivity index (χ1) is 6.58. The highest BCUT2D eigenvalue weighted by atomic mass is 32.2. The average Bonchev–Trinajstić information content (AvgIpc) is 2.13. The van der Waals surface area contributed by atoms with Gasteiger partial charge in [0.15, 0.2) is 0 Å². The van der Waals surface area contributed by atoms with Gasteiger partial charge < -0.3 is 4.74 Å². The van der Waals surface area contributed by atoms with Crippen molar-refractivity contribution in [1.29, 1.82) is 0 Å². The zero-order valence-electron chi connectivity index (χ0n) is 7.38. The Morgan fingerprint density at radius 1 is 1.29 bits per heavy atom. The molecule has 1 aromatic carbocycles. The maximum Gasteiger partial charge on any atom is 0.333 e. The van der Waals surface area contributed by atoms with Crippen molar-refractivity contribution in [2.45, 2.75) is 0 Å². The molecule has 0 spiro atoms. The molecule has 0 atom stereocenters. The second kappa shape index (κ2) is 4.94. The molecular weight excluding hydrogens is 206 g/mol. The molecule has 0 bridgehead atoms. The summed E-state index contributed by atoms with van der Waals surface area (Å²) >= 11 is 0. The van der Waals surface area contributed by atoms with Crippen LogP contribution in [0.3, 0.4) is 0 Å². The van der Waals surface area contributed by atoms with Crippen molar-refractivity contribution in [3.05, 3.63) is 30.3 Å². The lowest BCUT2D eigenvalue weighted by molar-refractivity contribution is 0.320. The van der Waals surface area contributed by atoms with E-state index in [9.17, 15) is 8.42 Å². The molecule has 6 heteroatoms. The molecule has 78 valence electrons. The van der Waals surface area contributed by atoms with Crippen LogP contribution < -0.4 is 9.46 Å². The summed E-state index contributed by atoms with van der Waals surface area (Å²) < 4.78 is 35.8. The Morgan fingerprint density at radius 2 is 1.93 bits per heavy atom. The van der Waals surface area contributed by atoms with Crippen molar-refractivity contribution in [1.82, 2.24) is 4.72 Å². The smallest absolute Gasteiger partial charge is 0.333 e. The lowest BCUT2D eigenvalue weighted by atomic mass is 10.3. The van der Waals surface area contributed by atoms with Gasteiger partial charge in [0.1, 0.15) is 12.4 Å². The summed E-state index contributed by atoms with van der Waals surface area (Å²) in [4.78, 5) is 0. The predicted octanol–water partition coefficient (Wildman–Crippen LogP) is 0.458. The largest absolute Gasteiger partial charge is 0.492 e. The van der Waals surface area contributed by atoms with Crippen molar-refractivity contribution < 1.29 is 17.7 Å². The summed E-state index contributed by atoms with van der Waals surface area (Å²) in [6.45, 7) is 0.206. The number of benzene rings is 1. The minimum Gasteiger partial charge on any atom is -0.492 e. The number of ether oxygens (including phenoxy) is 1. The van der Waals surface area contributed by atoms with Crippen LogP contribution in [-0.4, -0.2) is 26.1 Å². The first-order valence-corrected chi connectivity index (χ1v) is 5.42. The Bertz CT molecular complexity index is 362. The maximum atomic E-state index is 10.2. The summed E-state index contributed by atoms with van der Waals surface area (Å²) in [6.07, 6.45) is 0. The van der Waals surface area contributed by atoms with Crippen LogP contribution >= 0.6 is 0 Å². The van der Waals surface area contributed by atoms with Gasteiger partial charge >= 0.3 is 10.3 Å². The molecule has 0 saturated carbocycles. The summed E-state index contributed by atoms with van der Waals surface area (Å²) in [5, 5.41) is 0. The summed E-state index contributed by atoms with van der Waals surface area (Å²) in [5.74, 6) is 0.657. The van der Waals surface area contributed by atoms with Crippen molar-refractivity contribution in [2.75, 3.05) is 13.2 Å². The molecule has 0 amide bonds. The topological polar surface area (TPSA) is 75.6 Å². The summed E-state index contributed by atoms with van der Waals surface area (Å²) in [6, 6.07) is 8.99. The minimum atomic E-state index is -4.11. The van der Waals surface area contributed by atoms with Gasteiger partial charge in [0.25, 0.3) is 0 Å². The van der Waals surface area contributed by atoms with Crippen LogP contribution in [0.2, 0.25) is 0 Å². The van der Waals surface area contributed by atoms with Gasteiger partial charge in [-0.05, 0) is 12.1 Å². The molecule has 1 rings (SSSR count). The van der Waals surface area contributed by atoms with Gasteiger partial charge in [-0.25, -0.2) is 0 Å². The summed E-state index contributed by atoms with van der Waals surface area (Å²) in [7, 11) is -4.11. The van der Waals surface area contributed by atoms with Crippen LogP contribution in [0.1, 0.15) is 0 Å². The molecule has 0 heterocycles. The SMILES string of the molecule is O=S(=O)(O)NCCOc1ccccc1. The second-order valence-corrected chi connectivity index (χ2v) is 3.77. The third-order valence-corrected chi connectivity index (χ3v) is 1.97. The molecule has 0 saturated heterocycles. The monoisotopic (exact) mass is 217 g/mol. The van der Waals surface area contributed by atoms with Gasteiger partial charge in [-0.15, -0.1) is 0 Å². The third-order valence-electron chi connectivity index (χ3n) is 1.40. The molecule has 14 heavy (non-hydrogen) atoms. The molecule has 0 fully saturated rings. The molecule has 0 radical (unpaired) electrons. The first-order valence-electron chi connectivity index (χ1n) is 3.98. The van der Waals surface area contributed by atoms with Crippen LogP contribution in [-0.2, 0) is 10.3 Å². The fourth-order valence-electron chi connectivity index (χ4n) is 0.856. The average molecular weight is 217 g/mol. The van der Waals surface area contributed by atoms with Crippen molar-refractivity contribution >= 4 is 10.3 Å². The van der Waals surface area contributed by atoms with E-state index in [4.69, 9.17) is 9.29 Å². The Balaban J connectivity index is 2.23. The van der Waals surface area contributed by atoms with Gasteiger partial charge in [0.05, 0.1) is 0 Å². The van der Waals surface area contributed by atoms with Crippen LogP contribution in [0.5, 0.6) is 5.75 Å². The molecule has 0 aliphatic carbocycles. The van der Waals surface area contributed by atoms with Gasteiger partial charge in [-0.2, -0.15) is 13.1 Å². The van der Waals surface area contributed by atoms with Gasteiger partial charge in [0.2, 0.25) is 0 Å². The first kappa shape index (κ1) is 11.0. The molecule has 0 aliphatic rings. The van der Waals surface area contributed by atoms with E-state index >= 15 is 0 Å². The van der Waals surface area contributed by atoms with E-state index in [-0.39, 0.29) is 13.2 Å². The van der Waals surface area contributed by atoms with Gasteiger partial charge in [0, 0.05) is 6.54 Å². The number of para-hydroxylation sites is 1. The highest BCUT2D eigenvalue weighted by Gasteiger charge is 2.00. The highest BCUT2D eigenvalue weighted by molar-refractivity contribution is 7.83. The number of rotatable bonds is 5. The van der Waals surface area contributed by atoms with E-state index in [2.05, 4.69) is 0 Å². The van der Waals surface area contributed by atoms with Crippen LogP contribution in [0, 0.1) is 0 Å². The van der Waals surface area contributed by atoms with E-state index in [1.807, 2.05) is 22.9 Å². The fourth-order valence-corrected chi connectivity index (χ4v) is 1.20. The maximum absolute atomic E-state index is 10.2. The standard InChI is InChI=1S/C8H11NO4S/c10-14(11,12)9-6-7-13-8-4-2-1-3-5-8/h1-5,9H,6-7H2,(H,10,11,12). The lowest BCUT2D eigenvalue weighted by Crippen LogP contribution is -2.27. The molecule has 1 aromatic rings. The van der Waals surface area contributed by atoms with Crippen LogP contribution in [0.25, 0.3) is 0 Å². The second-order valence-electron chi connectivity index (χ2n) is 2.53. The molecule has 2 N–H and O–H groups in total. The molecule has 0 aromatic heterocycles. The quantitative estimate of drug-likeness (QED) is 0.555. The Labute approximate surface area is 82.6 Å². The number of nitrogens with one attached hydrogen (secondary N) is 1. The Kier molecular flexibility index (Phi) is 3.87. The Morgan fingerprint density at radius 3 is 2.50 bits per heavy atom. The minimum absolute atomic E-state index is 0.0354. The van der Waals surface area contributed by atoms with Crippen LogP contribution in [0.4, 0.5) is 0 Å². The van der Waals surface area contributed by atoms with Crippen molar-refractivity contribution in [3.63, 3.8) is 0 Å². The molecule has 5 nitrogen and oxygen atoms in total. The predicted molar refractivity (Wildman–Crippen MR) is 51.5 cm³/mol. The number of hydrogen-bond donors (Lipinski definition) is 2. The molecule has 0 unspecified atom stereocenters. The van der Waals surface area contributed by atoms with Gasteiger partial charge in [-0.1, -0.05) is 18.2 Å². The highest BCUT2D eigenvalue weighted by Crippen LogP contribution is 2.07. The molecule has 0 aliphatic heterocycles. The van der Waals surface area contributed by atoms with Gasteiger partial charge in [-0.3, -0.25) is 4.55 Å². The molecular formula is C8H11NO4S. The van der Waals surface area contributed by atoms with E-state index in [0.717, 1.165) is 0 Å². The van der Waals surface area contributed by atoms with Crippen molar-refractivity contribution in [3.8, 4) is 5.75 Å². The van der Waals surface area contributed by atoms with Crippen molar-refractivity contribution in [2.24, 2.45) is 0 Å². The third kappa shape index (κ3) is 4.80. The zero-order valence-corrected chi connectivity index (χ0v) is 8.20. The zero-order chi connectivity index (χ0) is 10.4. The number of hydrogen-bond acceptors (Lipinski definition) is 3. The lowest BCUT2D eigenvalue weighted by Gasteiger charge is -2.04. The Hall–Kier alpha value is -1.11. The summed E-state index contributed by atoms with van der Waals surface area (Å²) in [5.41, 5.74) is 0.